The fourth-order valence-corrected chi connectivity index (χ4v) is 2.18. The molecule has 2 N–H and O–H groups in total. The van der Waals surface area contributed by atoms with Gasteiger partial charge in [-0.05, 0) is 37.2 Å². The molecule has 0 radical (unpaired) electrons. The first-order valence-electron chi connectivity index (χ1n) is 5.17. The van der Waals surface area contributed by atoms with Crippen molar-refractivity contribution in [3.63, 3.8) is 0 Å². The van der Waals surface area contributed by atoms with E-state index >= 15 is 0 Å². The van der Waals surface area contributed by atoms with E-state index in [1.165, 1.54) is 0 Å². The van der Waals surface area contributed by atoms with Crippen molar-refractivity contribution in [3.8, 4) is 0 Å². The molecular formula is C12H16BrNO2. The SMILES string of the molecule is CNCC(CC(=O)O)c1cc(Br)ccc1C. The first-order chi connectivity index (χ1) is 7.54. The topological polar surface area (TPSA) is 49.3 Å². The molecule has 0 bridgehead atoms. The number of nitrogens with one attached hydrogen (secondary N) is 1. The van der Waals surface area contributed by atoms with E-state index in [9.17, 15) is 4.79 Å². The average Bonchev–Trinajstić information content (AvgIpc) is 2.20. The van der Waals surface area contributed by atoms with Gasteiger partial charge < -0.3 is 10.4 Å². The summed E-state index contributed by atoms with van der Waals surface area (Å²) in [5, 5.41) is 11.9. The maximum absolute atomic E-state index is 10.8. The Morgan fingerprint density at radius 1 is 1.56 bits per heavy atom. The molecule has 0 aromatic heterocycles. The highest BCUT2D eigenvalue weighted by molar-refractivity contribution is 9.10. The zero-order chi connectivity index (χ0) is 12.1. The van der Waals surface area contributed by atoms with E-state index in [4.69, 9.17) is 5.11 Å². The predicted octanol–water partition coefficient (Wildman–Crippen LogP) is 2.54. The molecule has 0 saturated heterocycles. The third-order valence-electron chi connectivity index (χ3n) is 2.55. The lowest BCUT2D eigenvalue weighted by molar-refractivity contribution is -0.137. The summed E-state index contributed by atoms with van der Waals surface area (Å²) in [7, 11) is 1.84. The summed E-state index contributed by atoms with van der Waals surface area (Å²) >= 11 is 3.41. The number of likely N-dealkylation sites (N-methyl/N-ethyl adjacent to an activating group) is 1. The first kappa shape index (κ1) is 13.2. The second kappa shape index (κ2) is 6.01. The van der Waals surface area contributed by atoms with Gasteiger partial charge in [0.15, 0.2) is 0 Å². The standard InChI is InChI=1S/C12H16BrNO2/c1-8-3-4-10(13)6-11(8)9(7-14-2)5-12(15)16/h3-4,6,9,14H,5,7H2,1-2H3,(H,15,16). The van der Waals surface area contributed by atoms with Gasteiger partial charge in [-0.3, -0.25) is 4.79 Å². The molecule has 4 heteroatoms. The van der Waals surface area contributed by atoms with Crippen LogP contribution in [0.15, 0.2) is 22.7 Å². The molecule has 0 heterocycles. The number of carboxylic acid groups (broad SMARTS) is 1. The Bertz CT molecular complexity index is 379. The summed E-state index contributed by atoms with van der Waals surface area (Å²) in [6, 6.07) is 5.97. The molecule has 16 heavy (non-hydrogen) atoms. The maximum Gasteiger partial charge on any atom is 0.304 e. The van der Waals surface area contributed by atoms with Gasteiger partial charge >= 0.3 is 5.97 Å². The van der Waals surface area contributed by atoms with E-state index in [1.807, 2.05) is 32.2 Å². The van der Waals surface area contributed by atoms with Gasteiger partial charge in [0.05, 0.1) is 6.42 Å². The molecule has 1 unspecified atom stereocenters. The minimum Gasteiger partial charge on any atom is -0.481 e. The Morgan fingerprint density at radius 2 is 2.25 bits per heavy atom. The molecule has 1 aromatic carbocycles. The molecule has 0 amide bonds. The van der Waals surface area contributed by atoms with Crippen LogP contribution in [0.4, 0.5) is 0 Å². The number of hydrogen-bond acceptors (Lipinski definition) is 2. The number of halogens is 1. The van der Waals surface area contributed by atoms with Gasteiger partial charge in [0.25, 0.3) is 0 Å². The Labute approximate surface area is 104 Å². The number of carbonyl (C=O) groups is 1. The highest BCUT2D eigenvalue weighted by atomic mass is 79.9. The van der Waals surface area contributed by atoms with Crippen molar-refractivity contribution >= 4 is 21.9 Å². The quantitative estimate of drug-likeness (QED) is 0.874. The normalized spacial score (nSPS) is 12.4. The number of carboxylic acids is 1. The molecule has 3 nitrogen and oxygen atoms in total. The number of aryl methyl sites for hydroxylation is 1. The van der Waals surface area contributed by atoms with Crippen molar-refractivity contribution in [2.24, 2.45) is 0 Å². The summed E-state index contributed by atoms with van der Waals surface area (Å²) in [4.78, 5) is 10.8. The van der Waals surface area contributed by atoms with Crippen LogP contribution in [0.3, 0.4) is 0 Å². The van der Waals surface area contributed by atoms with E-state index in [2.05, 4.69) is 21.2 Å². The second-order valence-corrected chi connectivity index (χ2v) is 4.77. The van der Waals surface area contributed by atoms with Gasteiger partial charge in [-0.15, -0.1) is 0 Å². The zero-order valence-corrected chi connectivity index (χ0v) is 11.0. The summed E-state index contributed by atoms with van der Waals surface area (Å²) in [6.45, 7) is 2.68. The monoisotopic (exact) mass is 285 g/mol. The number of hydrogen-bond donors (Lipinski definition) is 2. The van der Waals surface area contributed by atoms with Crippen LogP contribution in [0.1, 0.15) is 23.5 Å². The van der Waals surface area contributed by atoms with Crippen LogP contribution < -0.4 is 5.32 Å². The Hall–Kier alpha value is -0.870. The van der Waals surface area contributed by atoms with E-state index in [0.29, 0.717) is 6.54 Å². The molecule has 88 valence electrons. The van der Waals surface area contributed by atoms with Crippen molar-refractivity contribution in [2.75, 3.05) is 13.6 Å². The third kappa shape index (κ3) is 3.61. The van der Waals surface area contributed by atoms with E-state index in [1.54, 1.807) is 0 Å². The zero-order valence-electron chi connectivity index (χ0n) is 9.46. The molecule has 1 atom stereocenters. The van der Waals surface area contributed by atoms with E-state index in [0.717, 1.165) is 15.6 Å². The van der Waals surface area contributed by atoms with Crippen LogP contribution in [-0.2, 0) is 4.79 Å². The van der Waals surface area contributed by atoms with Crippen LogP contribution >= 0.6 is 15.9 Å². The van der Waals surface area contributed by atoms with Crippen LogP contribution in [0, 0.1) is 6.92 Å². The van der Waals surface area contributed by atoms with Gasteiger partial charge in [0.2, 0.25) is 0 Å². The fourth-order valence-electron chi connectivity index (χ4n) is 1.80. The summed E-state index contributed by atoms with van der Waals surface area (Å²) < 4.78 is 0.986. The second-order valence-electron chi connectivity index (χ2n) is 3.85. The highest BCUT2D eigenvalue weighted by Crippen LogP contribution is 2.26. The smallest absolute Gasteiger partial charge is 0.304 e. The lowest BCUT2D eigenvalue weighted by Crippen LogP contribution is -2.20. The lowest BCUT2D eigenvalue weighted by Gasteiger charge is -2.17. The van der Waals surface area contributed by atoms with Gasteiger partial charge in [-0.25, -0.2) is 0 Å². The first-order valence-corrected chi connectivity index (χ1v) is 5.96. The minimum absolute atomic E-state index is 0.0139. The van der Waals surface area contributed by atoms with Crippen molar-refractivity contribution in [2.45, 2.75) is 19.3 Å². The van der Waals surface area contributed by atoms with Crippen molar-refractivity contribution in [1.29, 1.82) is 0 Å². The highest BCUT2D eigenvalue weighted by Gasteiger charge is 2.16. The molecule has 0 aliphatic carbocycles. The van der Waals surface area contributed by atoms with Gasteiger partial charge in [-0.1, -0.05) is 22.0 Å². The summed E-state index contributed by atoms with van der Waals surface area (Å²) in [6.07, 6.45) is 0.151. The summed E-state index contributed by atoms with van der Waals surface area (Å²) in [5.41, 5.74) is 2.22. The lowest BCUT2D eigenvalue weighted by atomic mass is 9.92. The van der Waals surface area contributed by atoms with Gasteiger partial charge in [0.1, 0.15) is 0 Å². The van der Waals surface area contributed by atoms with Gasteiger partial charge in [0, 0.05) is 16.9 Å². The van der Waals surface area contributed by atoms with E-state index < -0.39 is 5.97 Å². The van der Waals surface area contributed by atoms with Crippen molar-refractivity contribution in [1.82, 2.24) is 5.32 Å². The molecule has 1 aromatic rings. The van der Waals surface area contributed by atoms with Crippen LogP contribution in [-0.4, -0.2) is 24.7 Å². The summed E-state index contributed by atoms with van der Waals surface area (Å²) in [5.74, 6) is -0.750. The minimum atomic E-state index is -0.764. The molecule has 0 aliphatic heterocycles. The third-order valence-corrected chi connectivity index (χ3v) is 3.05. The largest absolute Gasteiger partial charge is 0.481 e. The number of aliphatic carboxylic acids is 1. The molecule has 0 fully saturated rings. The average molecular weight is 286 g/mol. The molecular weight excluding hydrogens is 270 g/mol. The Balaban J connectivity index is 2.99. The molecule has 0 spiro atoms. The molecule has 1 rings (SSSR count). The van der Waals surface area contributed by atoms with Crippen LogP contribution in [0.2, 0.25) is 0 Å². The molecule has 0 saturated carbocycles. The van der Waals surface area contributed by atoms with Crippen molar-refractivity contribution < 1.29 is 9.90 Å². The predicted molar refractivity (Wildman–Crippen MR) is 67.8 cm³/mol. The number of benzene rings is 1. The van der Waals surface area contributed by atoms with Gasteiger partial charge in [-0.2, -0.15) is 0 Å². The van der Waals surface area contributed by atoms with Crippen LogP contribution in [0.25, 0.3) is 0 Å². The maximum atomic E-state index is 10.8. The van der Waals surface area contributed by atoms with Crippen LogP contribution in [0.5, 0.6) is 0 Å². The van der Waals surface area contributed by atoms with Crippen molar-refractivity contribution in [3.05, 3.63) is 33.8 Å². The molecule has 0 aliphatic rings. The Kier molecular flexibility index (Phi) is 4.96. The number of rotatable bonds is 5. The fraction of sp³-hybridized carbons (Fsp3) is 0.417. The Morgan fingerprint density at radius 3 is 2.81 bits per heavy atom. The van der Waals surface area contributed by atoms with E-state index in [-0.39, 0.29) is 12.3 Å².